The molecule has 10 nitrogen and oxygen atoms in total. The second kappa shape index (κ2) is 9.25. The summed E-state index contributed by atoms with van der Waals surface area (Å²) in [6, 6.07) is 14.1. The molecule has 1 aliphatic rings. The number of ether oxygens (including phenoxy) is 1. The third-order valence-corrected chi connectivity index (χ3v) is 7.83. The molecule has 182 valence electrons. The van der Waals surface area contributed by atoms with E-state index in [4.69, 9.17) is 4.74 Å². The quantitative estimate of drug-likeness (QED) is 0.421. The van der Waals surface area contributed by atoms with Crippen LogP contribution in [0.25, 0.3) is 28.2 Å². The van der Waals surface area contributed by atoms with E-state index < -0.39 is 10.0 Å². The zero-order valence-corrected chi connectivity index (χ0v) is 20.3. The van der Waals surface area contributed by atoms with Crippen LogP contribution in [0.3, 0.4) is 0 Å². The van der Waals surface area contributed by atoms with Crippen molar-refractivity contribution in [3.05, 3.63) is 64.7 Å². The van der Waals surface area contributed by atoms with Gasteiger partial charge in [-0.15, -0.1) is 5.10 Å². The first-order valence-electron chi connectivity index (χ1n) is 11.4. The molecular weight excluding hydrogens is 468 g/mol. The minimum Gasteiger partial charge on any atom is -0.493 e. The van der Waals surface area contributed by atoms with Crippen LogP contribution in [0.15, 0.2) is 58.2 Å². The number of nitrogens with one attached hydrogen (secondary N) is 2. The number of sulfonamides is 1. The van der Waals surface area contributed by atoms with Crippen LogP contribution in [-0.4, -0.2) is 65.1 Å². The zero-order valence-electron chi connectivity index (χ0n) is 19.5. The number of imidazole rings is 1. The highest BCUT2D eigenvalue weighted by molar-refractivity contribution is 7.89. The lowest BCUT2D eigenvalue weighted by atomic mass is 10.1. The first-order valence-corrected chi connectivity index (χ1v) is 12.9. The van der Waals surface area contributed by atoms with Crippen LogP contribution in [0.2, 0.25) is 0 Å². The molecule has 1 fully saturated rings. The van der Waals surface area contributed by atoms with Gasteiger partial charge in [0.25, 0.3) is 5.56 Å². The molecule has 0 atom stereocenters. The van der Waals surface area contributed by atoms with Gasteiger partial charge in [-0.3, -0.25) is 4.79 Å². The van der Waals surface area contributed by atoms with Crippen LogP contribution in [0.1, 0.15) is 12.7 Å². The molecule has 4 aromatic rings. The number of rotatable bonds is 6. The van der Waals surface area contributed by atoms with Gasteiger partial charge in [-0.25, -0.2) is 17.9 Å². The van der Waals surface area contributed by atoms with Gasteiger partial charge < -0.3 is 15.0 Å². The van der Waals surface area contributed by atoms with E-state index in [1.54, 1.807) is 13.0 Å². The molecule has 1 saturated heterocycles. The predicted molar refractivity (Wildman–Crippen MR) is 132 cm³/mol. The number of aryl methyl sites for hydroxylation is 1. The lowest BCUT2D eigenvalue weighted by molar-refractivity contribution is 0.339. The average Bonchev–Trinajstić information content (AvgIpc) is 3.22. The molecular formula is C24H26N6O4S. The Morgan fingerprint density at radius 1 is 1.09 bits per heavy atom. The summed E-state index contributed by atoms with van der Waals surface area (Å²) in [5.74, 6) is 1.14. The minimum atomic E-state index is -3.67. The van der Waals surface area contributed by atoms with Crippen molar-refractivity contribution in [2.24, 2.45) is 0 Å². The Hall–Kier alpha value is -3.54. The number of piperazine rings is 1. The maximum absolute atomic E-state index is 13.2. The van der Waals surface area contributed by atoms with Crippen molar-refractivity contribution in [1.82, 2.24) is 29.2 Å². The Morgan fingerprint density at radius 2 is 1.83 bits per heavy atom. The molecule has 3 heterocycles. The van der Waals surface area contributed by atoms with Gasteiger partial charge in [-0.2, -0.15) is 4.31 Å². The fourth-order valence-corrected chi connectivity index (χ4v) is 5.69. The monoisotopic (exact) mass is 494 g/mol. The highest BCUT2D eigenvalue weighted by Gasteiger charge is 2.27. The van der Waals surface area contributed by atoms with Crippen molar-refractivity contribution in [1.29, 1.82) is 0 Å². The van der Waals surface area contributed by atoms with Gasteiger partial charge in [0.2, 0.25) is 10.0 Å². The number of fused-ring (bicyclic) bond motifs is 1. The standard InChI is InChI=1S/C24H26N6O4S/c1-3-34-20-15-18(35(32,33)29-13-11-25-12-14-29)9-10-19(20)23-27-24(31)22-21(17-7-5-4-6-8-17)26-16(2)30(22)28-23/h4-10,15,25H,3,11-14H2,1-2H3,(H,27,28,31). The van der Waals surface area contributed by atoms with E-state index in [0.717, 1.165) is 5.56 Å². The van der Waals surface area contributed by atoms with Crippen molar-refractivity contribution >= 4 is 15.5 Å². The molecule has 0 spiro atoms. The van der Waals surface area contributed by atoms with E-state index in [1.807, 2.05) is 37.3 Å². The maximum atomic E-state index is 13.2. The van der Waals surface area contributed by atoms with Crippen molar-refractivity contribution in [3.8, 4) is 28.4 Å². The molecule has 2 N–H and O–H groups in total. The zero-order chi connectivity index (χ0) is 24.6. The Bertz CT molecular complexity index is 1540. The largest absolute Gasteiger partial charge is 0.493 e. The van der Waals surface area contributed by atoms with Crippen molar-refractivity contribution in [2.75, 3.05) is 32.8 Å². The molecule has 0 amide bonds. The van der Waals surface area contributed by atoms with E-state index in [0.29, 0.717) is 61.1 Å². The number of nitrogens with zero attached hydrogens (tertiary/aromatic N) is 4. The summed E-state index contributed by atoms with van der Waals surface area (Å²) < 4.78 is 35.1. The summed E-state index contributed by atoms with van der Waals surface area (Å²) in [6.45, 7) is 5.94. The topological polar surface area (TPSA) is 122 Å². The van der Waals surface area contributed by atoms with E-state index in [-0.39, 0.29) is 16.3 Å². The molecule has 0 aliphatic carbocycles. The number of aromatic nitrogens is 4. The van der Waals surface area contributed by atoms with Gasteiger partial charge >= 0.3 is 0 Å². The minimum absolute atomic E-state index is 0.139. The van der Waals surface area contributed by atoms with Crippen LogP contribution in [0, 0.1) is 6.92 Å². The van der Waals surface area contributed by atoms with Crippen molar-refractivity contribution in [3.63, 3.8) is 0 Å². The van der Waals surface area contributed by atoms with E-state index in [2.05, 4.69) is 20.4 Å². The lowest BCUT2D eigenvalue weighted by Gasteiger charge is -2.26. The fraction of sp³-hybridized carbons (Fsp3) is 0.292. The average molecular weight is 495 g/mol. The molecule has 2 aromatic heterocycles. The number of hydrogen-bond acceptors (Lipinski definition) is 7. The van der Waals surface area contributed by atoms with Gasteiger partial charge in [-0.1, -0.05) is 30.3 Å². The number of benzene rings is 2. The summed E-state index contributed by atoms with van der Waals surface area (Å²) in [4.78, 5) is 20.7. The molecule has 0 radical (unpaired) electrons. The van der Waals surface area contributed by atoms with Crippen LogP contribution >= 0.6 is 0 Å². The van der Waals surface area contributed by atoms with Gasteiger partial charge in [0.05, 0.1) is 17.1 Å². The summed E-state index contributed by atoms with van der Waals surface area (Å²) >= 11 is 0. The molecule has 0 saturated carbocycles. The fourth-order valence-electron chi connectivity index (χ4n) is 4.23. The van der Waals surface area contributed by atoms with Crippen LogP contribution in [0.5, 0.6) is 5.75 Å². The molecule has 1 aliphatic heterocycles. The molecule has 0 bridgehead atoms. The normalized spacial score (nSPS) is 14.9. The van der Waals surface area contributed by atoms with Crippen LogP contribution < -0.4 is 15.6 Å². The van der Waals surface area contributed by atoms with Gasteiger partial charge in [-0.05, 0) is 26.0 Å². The highest BCUT2D eigenvalue weighted by atomic mass is 32.2. The molecule has 5 rings (SSSR count). The summed E-state index contributed by atoms with van der Waals surface area (Å²) in [6.07, 6.45) is 0. The second-order valence-corrected chi connectivity index (χ2v) is 10.1. The van der Waals surface area contributed by atoms with E-state index >= 15 is 0 Å². The molecule has 2 aromatic carbocycles. The Morgan fingerprint density at radius 3 is 2.54 bits per heavy atom. The highest BCUT2D eigenvalue weighted by Crippen LogP contribution is 2.32. The molecule has 0 unspecified atom stereocenters. The van der Waals surface area contributed by atoms with E-state index in [9.17, 15) is 13.2 Å². The van der Waals surface area contributed by atoms with Gasteiger partial charge in [0.15, 0.2) is 11.3 Å². The Balaban J connectivity index is 1.61. The van der Waals surface area contributed by atoms with Crippen molar-refractivity contribution < 1.29 is 13.2 Å². The third-order valence-electron chi connectivity index (χ3n) is 5.93. The van der Waals surface area contributed by atoms with Gasteiger partial charge in [0, 0.05) is 37.8 Å². The summed E-state index contributed by atoms with van der Waals surface area (Å²) in [5.41, 5.74) is 1.84. The van der Waals surface area contributed by atoms with Crippen LogP contribution in [-0.2, 0) is 10.0 Å². The first kappa shape index (κ1) is 23.2. The predicted octanol–water partition coefficient (Wildman–Crippen LogP) is 2.05. The molecule has 11 heteroatoms. The van der Waals surface area contributed by atoms with E-state index in [1.165, 1.54) is 21.0 Å². The van der Waals surface area contributed by atoms with Crippen molar-refractivity contribution in [2.45, 2.75) is 18.7 Å². The van der Waals surface area contributed by atoms with Gasteiger partial charge in [0.1, 0.15) is 17.3 Å². The summed E-state index contributed by atoms with van der Waals surface area (Å²) in [5, 5.41) is 7.78. The lowest BCUT2D eigenvalue weighted by Crippen LogP contribution is -2.46. The summed E-state index contributed by atoms with van der Waals surface area (Å²) in [7, 11) is -3.67. The Kier molecular flexibility index (Phi) is 6.13. The molecule has 35 heavy (non-hydrogen) atoms. The smallest absolute Gasteiger partial charge is 0.277 e. The number of H-pyrrole nitrogens is 1. The third kappa shape index (κ3) is 4.22. The number of aromatic amines is 1. The second-order valence-electron chi connectivity index (χ2n) is 8.18. The maximum Gasteiger partial charge on any atom is 0.277 e. The first-order chi connectivity index (χ1) is 16.9. The Labute approximate surface area is 202 Å². The van der Waals surface area contributed by atoms with Crippen LogP contribution in [0.4, 0.5) is 0 Å². The SMILES string of the molecule is CCOc1cc(S(=O)(=O)N2CCNCC2)ccc1-c1nn2c(C)nc(-c3ccccc3)c2c(=O)[nH]1. The number of hydrogen-bond donors (Lipinski definition) is 2.